The van der Waals surface area contributed by atoms with E-state index in [0.29, 0.717) is 11.6 Å². The SMILES string of the molecule is Cn1ccnc1-c1ccc(C(=O)NCC[C@H]2CCCN2)cc1. The summed E-state index contributed by atoms with van der Waals surface area (Å²) in [7, 11) is 1.96. The Bertz CT molecular complexity index is 626. The molecule has 116 valence electrons. The molecular weight excluding hydrogens is 276 g/mol. The molecule has 3 rings (SSSR count). The molecule has 1 aliphatic heterocycles. The number of aryl methyl sites for hydroxylation is 1. The lowest BCUT2D eigenvalue weighted by molar-refractivity contribution is 0.0952. The van der Waals surface area contributed by atoms with Crippen LogP contribution in [0.15, 0.2) is 36.7 Å². The molecule has 1 aromatic heterocycles. The van der Waals surface area contributed by atoms with Gasteiger partial charge in [0.2, 0.25) is 0 Å². The Morgan fingerprint density at radius 1 is 1.41 bits per heavy atom. The van der Waals surface area contributed by atoms with Crippen LogP contribution in [0.2, 0.25) is 0 Å². The van der Waals surface area contributed by atoms with Gasteiger partial charge in [-0.2, -0.15) is 0 Å². The van der Waals surface area contributed by atoms with E-state index in [0.717, 1.165) is 30.9 Å². The van der Waals surface area contributed by atoms with Crippen molar-refractivity contribution in [1.82, 2.24) is 20.2 Å². The van der Waals surface area contributed by atoms with Gasteiger partial charge in [0.1, 0.15) is 5.82 Å². The van der Waals surface area contributed by atoms with Gasteiger partial charge in [-0.05, 0) is 37.9 Å². The molecule has 1 amide bonds. The summed E-state index contributed by atoms with van der Waals surface area (Å²) in [5.74, 6) is 0.892. The highest BCUT2D eigenvalue weighted by atomic mass is 16.1. The highest BCUT2D eigenvalue weighted by Crippen LogP contribution is 2.17. The number of nitrogens with zero attached hydrogens (tertiary/aromatic N) is 2. The second-order valence-corrected chi connectivity index (χ2v) is 5.78. The van der Waals surface area contributed by atoms with Gasteiger partial charge in [-0.15, -0.1) is 0 Å². The zero-order valence-corrected chi connectivity index (χ0v) is 12.9. The van der Waals surface area contributed by atoms with Gasteiger partial charge in [0.05, 0.1) is 0 Å². The molecule has 0 aliphatic carbocycles. The number of imidazole rings is 1. The fraction of sp³-hybridized carbons (Fsp3) is 0.412. The Kier molecular flexibility index (Phi) is 4.53. The summed E-state index contributed by atoms with van der Waals surface area (Å²) < 4.78 is 1.96. The van der Waals surface area contributed by atoms with Crippen LogP contribution in [-0.2, 0) is 7.05 Å². The van der Waals surface area contributed by atoms with Crippen LogP contribution in [0.5, 0.6) is 0 Å². The predicted molar refractivity (Wildman–Crippen MR) is 86.6 cm³/mol. The number of benzene rings is 1. The molecule has 0 bridgehead atoms. The predicted octanol–water partition coefficient (Wildman–Crippen LogP) is 1.96. The van der Waals surface area contributed by atoms with Crippen LogP contribution in [0, 0.1) is 0 Å². The third-order valence-corrected chi connectivity index (χ3v) is 4.17. The van der Waals surface area contributed by atoms with Crippen molar-refractivity contribution in [2.45, 2.75) is 25.3 Å². The second kappa shape index (κ2) is 6.75. The average molecular weight is 298 g/mol. The van der Waals surface area contributed by atoms with Crippen molar-refractivity contribution in [2.75, 3.05) is 13.1 Å². The standard InChI is InChI=1S/C17H22N4O/c1-21-12-11-19-16(21)13-4-6-14(7-5-13)17(22)20-10-8-15-3-2-9-18-15/h4-7,11-12,15,18H,2-3,8-10H2,1H3,(H,20,22)/t15-/m1/s1. The summed E-state index contributed by atoms with van der Waals surface area (Å²) in [5.41, 5.74) is 1.71. The van der Waals surface area contributed by atoms with E-state index in [-0.39, 0.29) is 5.91 Å². The van der Waals surface area contributed by atoms with Gasteiger partial charge in [-0.1, -0.05) is 12.1 Å². The van der Waals surface area contributed by atoms with Crippen molar-refractivity contribution < 1.29 is 4.79 Å². The zero-order valence-electron chi connectivity index (χ0n) is 12.9. The third-order valence-electron chi connectivity index (χ3n) is 4.17. The minimum absolute atomic E-state index is 0.00983. The van der Waals surface area contributed by atoms with E-state index in [4.69, 9.17) is 0 Å². The quantitative estimate of drug-likeness (QED) is 0.887. The van der Waals surface area contributed by atoms with E-state index in [1.54, 1.807) is 6.20 Å². The summed E-state index contributed by atoms with van der Waals surface area (Å²) in [6.45, 7) is 1.82. The van der Waals surface area contributed by atoms with E-state index < -0.39 is 0 Å². The Morgan fingerprint density at radius 2 is 2.23 bits per heavy atom. The Labute approximate surface area is 130 Å². The summed E-state index contributed by atoms with van der Waals surface area (Å²) in [4.78, 5) is 16.4. The fourth-order valence-corrected chi connectivity index (χ4v) is 2.88. The molecule has 1 fully saturated rings. The van der Waals surface area contributed by atoms with Crippen molar-refractivity contribution >= 4 is 5.91 Å². The van der Waals surface area contributed by atoms with E-state index >= 15 is 0 Å². The minimum atomic E-state index is -0.00983. The Hall–Kier alpha value is -2.14. The van der Waals surface area contributed by atoms with E-state index in [1.807, 2.05) is 42.1 Å². The monoisotopic (exact) mass is 298 g/mol. The van der Waals surface area contributed by atoms with Crippen LogP contribution >= 0.6 is 0 Å². The molecule has 1 aliphatic rings. The second-order valence-electron chi connectivity index (χ2n) is 5.78. The summed E-state index contributed by atoms with van der Waals surface area (Å²) in [6.07, 6.45) is 7.14. The smallest absolute Gasteiger partial charge is 0.251 e. The lowest BCUT2D eigenvalue weighted by Gasteiger charge is -2.11. The van der Waals surface area contributed by atoms with Crippen LogP contribution in [0.4, 0.5) is 0 Å². The maximum absolute atomic E-state index is 12.1. The topological polar surface area (TPSA) is 59.0 Å². The minimum Gasteiger partial charge on any atom is -0.352 e. The molecule has 2 aromatic rings. The highest BCUT2D eigenvalue weighted by Gasteiger charge is 2.14. The number of nitrogens with one attached hydrogen (secondary N) is 2. The van der Waals surface area contributed by atoms with Gasteiger partial charge in [-0.25, -0.2) is 4.98 Å². The first-order valence-corrected chi connectivity index (χ1v) is 7.83. The molecule has 0 radical (unpaired) electrons. The average Bonchev–Trinajstić information content (AvgIpc) is 3.19. The zero-order chi connectivity index (χ0) is 15.4. The van der Waals surface area contributed by atoms with Crippen LogP contribution in [-0.4, -0.2) is 34.6 Å². The third kappa shape index (κ3) is 3.36. The number of amides is 1. The molecule has 5 heteroatoms. The molecule has 1 atom stereocenters. The lowest BCUT2D eigenvalue weighted by atomic mass is 10.1. The summed E-state index contributed by atoms with van der Waals surface area (Å²) in [5, 5.41) is 6.43. The molecule has 5 nitrogen and oxygen atoms in total. The van der Waals surface area contributed by atoms with Crippen LogP contribution in [0.1, 0.15) is 29.6 Å². The lowest BCUT2D eigenvalue weighted by Crippen LogP contribution is -2.30. The van der Waals surface area contributed by atoms with Gasteiger partial charge in [-0.3, -0.25) is 4.79 Å². The van der Waals surface area contributed by atoms with E-state index in [9.17, 15) is 4.79 Å². The maximum Gasteiger partial charge on any atom is 0.251 e. The molecule has 22 heavy (non-hydrogen) atoms. The molecule has 0 spiro atoms. The first-order valence-electron chi connectivity index (χ1n) is 7.83. The number of carbonyl (C=O) groups excluding carboxylic acids is 1. The fourth-order valence-electron chi connectivity index (χ4n) is 2.88. The van der Waals surface area contributed by atoms with Gasteiger partial charge in [0.15, 0.2) is 0 Å². The molecule has 0 unspecified atom stereocenters. The normalized spacial score (nSPS) is 17.6. The summed E-state index contributed by atoms with van der Waals surface area (Å²) >= 11 is 0. The van der Waals surface area contributed by atoms with Crippen LogP contribution in [0.25, 0.3) is 11.4 Å². The van der Waals surface area contributed by atoms with Crippen molar-refractivity contribution in [3.8, 4) is 11.4 Å². The van der Waals surface area contributed by atoms with E-state index in [2.05, 4.69) is 15.6 Å². The van der Waals surface area contributed by atoms with Crippen LogP contribution in [0.3, 0.4) is 0 Å². The summed E-state index contributed by atoms with van der Waals surface area (Å²) in [6, 6.07) is 8.15. The van der Waals surface area contributed by atoms with Gasteiger partial charge in [0, 0.05) is 43.2 Å². The van der Waals surface area contributed by atoms with Gasteiger partial charge >= 0.3 is 0 Å². The number of carbonyl (C=O) groups is 1. The largest absolute Gasteiger partial charge is 0.352 e. The van der Waals surface area contributed by atoms with Gasteiger partial charge < -0.3 is 15.2 Å². The molecule has 2 heterocycles. The molecule has 1 saturated heterocycles. The number of rotatable bonds is 5. The molecule has 0 saturated carbocycles. The number of aromatic nitrogens is 2. The van der Waals surface area contributed by atoms with Crippen molar-refractivity contribution in [3.05, 3.63) is 42.2 Å². The first kappa shape index (κ1) is 14.8. The highest BCUT2D eigenvalue weighted by molar-refractivity contribution is 5.94. The molecule has 2 N–H and O–H groups in total. The maximum atomic E-state index is 12.1. The number of hydrogen-bond acceptors (Lipinski definition) is 3. The Morgan fingerprint density at radius 3 is 2.86 bits per heavy atom. The Balaban J connectivity index is 1.55. The molecule has 1 aromatic carbocycles. The van der Waals surface area contributed by atoms with Crippen molar-refractivity contribution in [1.29, 1.82) is 0 Å². The van der Waals surface area contributed by atoms with E-state index in [1.165, 1.54) is 12.8 Å². The van der Waals surface area contributed by atoms with Crippen LogP contribution < -0.4 is 10.6 Å². The van der Waals surface area contributed by atoms with Crippen molar-refractivity contribution in [3.63, 3.8) is 0 Å². The number of hydrogen-bond donors (Lipinski definition) is 2. The molecular formula is C17H22N4O. The van der Waals surface area contributed by atoms with Crippen molar-refractivity contribution in [2.24, 2.45) is 7.05 Å². The van der Waals surface area contributed by atoms with Gasteiger partial charge in [0.25, 0.3) is 5.91 Å². The first-order chi connectivity index (χ1) is 10.7.